The zero-order valence-corrected chi connectivity index (χ0v) is 11.1. The van der Waals surface area contributed by atoms with Crippen molar-refractivity contribution in [3.8, 4) is 0 Å². The molecule has 1 unspecified atom stereocenters. The fraction of sp³-hybridized carbons (Fsp3) is 0.286. The molecule has 110 valence electrons. The number of carbonyl (C=O) groups excluding carboxylic acids is 1. The number of carbonyl (C=O) groups is 1. The maximum absolute atomic E-state index is 13.2. The number of rotatable bonds is 1. The predicted octanol–water partition coefficient (Wildman–Crippen LogP) is 2.91. The molecule has 3 rings (SSSR count). The van der Waals surface area contributed by atoms with Crippen LogP contribution >= 0.6 is 0 Å². The van der Waals surface area contributed by atoms with Crippen LogP contribution in [0.2, 0.25) is 0 Å². The summed E-state index contributed by atoms with van der Waals surface area (Å²) in [6.07, 6.45) is -2.97. The quantitative estimate of drug-likeness (QED) is 0.879. The summed E-state index contributed by atoms with van der Waals surface area (Å²) in [6.45, 7) is 0. The van der Waals surface area contributed by atoms with Crippen molar-refractivity contribution in [1.29, 1.82) is 0 Å². The molecule has 0 spiro atoms. The summed E-state index contributed by atoms with van der Waals surface area (Å²) in [5.74, 6) is -0.499. The van der Waals surface area contributed by atoms with Gasteiger partial charge in [-0.25, -0.2) is 0 Å². The Morgan fingerprint density at radius 3 is 2.71 bits per heavy atom. The van der Waals surface area contributed by atoms with E-state index >= 15 is 0 Å². The van der Waals surface area contributed by atoms with Gasteiger partial charge >= 0.3 is 6.18 Å². The number of nitrogens with one attached hydrogen (secondary N) is 1. The summed E-state index contributed by atoms with van der Waals surface area (Å²) in [6, 6.07) is 5.35. The lowest BCUT2D eigenvalue weighted by Crippen LogP contribution is -2.25. The number of fused-ring (bicyclic) bond motifs is 1. The SMILES string of the molecule is Cn1ncc2c1NC(=O)CC2c1ccccc1C(F)(F)F. The van der Waals surface area contributed by atoms with Gasteiger partial charge in [-0.05, 0) is 11.6 Å². The molecule has 1 aromatic carbocycles. The summed E-state index contributed by atoms with van der Waals surface area (Å²) >= 11 is 0. The van der Waals surface area contributed by atoms with Crippen molar-refractivity contribution in [2.24, 2.45) is 7.05 Å². The predicted molar refractivity (Wildman–Crippen MR) is 69.7 cm³/mol. The molecule has 0 radical (unpaired) electrons. The molecule has 2 aromatic rings. The van der Waals surface area contributed by atoms with Crippen molar-refractivity contribution in [3.05, 3.63) is 47.2 Å². The minimum Gasteiger partial charge on any atom is -0.311 e. The average Bonchev–Trinajstić information content (AvgIpc) is 2.79. The molecule has 1 aromatic heterocycles. The first-order valence-corrected chi connectivity index (χ1v) is 6.36. The van der Waals surface area contributed by atoms with Gasteiger partial charge in [-0.3, -0.25) is 9.48 Å². The number of aryl methyl sites for hydroxylation is 1. The highest BCUT2D eigenvalue weighted by Crippen LogP contribution is 2.42. The number of nitrogens with zero attached hydrogens (tertiary/aromatic N) is 2. The Labute approximate surface area is 118 Å². The third kappa shape index (κ3) is 2.28. The fourth-order valence-corrected chi connectivity index (χ4v) is 2.68. The summed E-state index contributed by atoms with van der Waals surface area (Å²) in [7, 11) is 1.64. The van der Waals surface area contributed by atoms with E-state index in [1.165, 1.54) is 23.0 Å². The van der Waals surface area contributed by atoms with Crippen molar-refractivity contribution in [3.63, 3.8) is 0 Å². The number of hydrogen-bond acceptors (Lipinski definition) is 2. The van der Waals surface area contributed by atoms with Gasteiger partial charge in [-0.15, -0.1) is 0 Å². The van der Waals surface area contributed by atoms with Gasteiger partial charge in [0.25, 0.3) is 0 Å². The van der Waals surface area contributed by atoms with Crippen molar-refractivity contribution in [2.45, 2.75) is 18.5 Å². The third-order valence-corrected chi connectivity index (χ3v) is 3.63. The molecule has 21 heavy (non-hydrogen) atoms. The molecule has 1 amide bonds. The van der Waals surface area contributed by atoms with Crippen LogP contribution in [-0.4, -0.2) is 15.7 Å². The monoisotopic (exact) mass is 295 g/mol. The van der Waals surface area contributed by atoms with Crippen LogP contribution in [-0.2, 0) is 18.0 Å². The Kier molecular flexibility index (Phi) is 3.00. The summed E-state index contributed by atoms with van der Waals surface area (Å²) in [5, 5.41) is 6.67. The van der Waals surface area contributed by atoms with E-state index in [1.54, 1.807) is 13.1 Å². The highest BCUT2D eigenvalue weighted by Gasteiger charge is 2.38. The Balaban J connectivity index is 2.16. The molecule has 4 nitrogen and oxygen atoms in total. The number of aromatic nitrogens is 2. The molecule has 0 fully saturated rings. The highest BCUT2D eigenvalue weighted by atomic mass is 19.4. The number of hydrogen-bond donors (Lipinski definition) is 1. The van der Waals surface area contributed by atoms with Crippen LogP contribution in [0, 0.1) is 0 Å². The number of anilines is 1. The lowest BCUT2D eigenvalue weighted by Gasteiger charge is -2.25. The first kappa shape index (κ1) is 13.7. The largest absolute Gasteiger partial charge is 0.416 e. The first-order chi connectivity index (χ1) is 9.88. The van der Waals surface area contributed by atoms with Crippen molar-refractivity contribution < 1.29 is 18.0 Å². The van der Waals surface area contributed by atoms with E-state index < -0.39 is 17.7 Å². The number of halogens is 3. The molecule has 1 aliphatic rings. The van der Waals surface area contributed by atoms with Crippen LogP contribution in [0.4, 0.5) is 19.0 Å². The van der Waals surface area contributed by atoms with E-state index in [0.717, 1.165) is 6.07 Å². The lowest BCUT2D eigenvalue weighted by molar-refractivity contribution is -0.138. The van der Waals surface area contributed by atoms with E-state index in [9.17, 15) is 18.0 Å². The van der Waals surface area contributed by atoms with Crippen LogP contribution in [0.15, 0.2) is 30.5 Å². The summed E-state index contributed by atoms with van der Waals surface area (Å²) < 4.78 is 40.9. The van der Waals surface area contributed by atoms with Crippen LogP contribution in [0.5, 0.6) is 0 Å². The van der Waals surface area contributed by atoms with E-state index in [1.807, 2.05) is 0 Å². The maximum Gasteiger partial charge on any atom is 0.416 e. The minimum absolute atomic E-state index is 0.0220. The standard InChI is InChI=1S/C14H12F3N3O/c1-20-13-10(7-18-20)9(6-12(21)19-13)8-4-2-3-5-11(8)14(15,16)17/h2-5,7,9H,6H2,1H3,(H,19,21). The van der Waals surface area contributed by atoms with Crippen LogP contribution in [0.3, 0.4) is 0 Å². The summed E-state index contributed by atoms with van der Waals surface area (Å²) in [5.41, 5.74) is 0.00223. The second kappa shape index (κ2) is 4.61. The third-order valence-electron chi connectivity index (χ3n) is 3.63. The molecular weight excluding hydrogens is 283 g/mol. The fourth-order valence-electron chi connectivity index (χ4n) is 2.68. The minimum atomic E-state index is -4.45. The van der Waals surface area contributed by atoms with Gasteiger partial charge in [0.05, 0.1) is 11.8 Å². The number of alkyl halides is 3. The van der Waals surface area contributed by atoms with Gasteiger partial charge in [0, 0.05) is 24.9 Å². The molecule has 0 aliphatic carbocycles. The molecule has 7 heteroatoms. The Bertz CT molecular complexity index is 706. The maximum atomic E-state index is 13.2. The van der Waals surface area contributed by atoms with Crippen molar-refractivity contribution >= 4 is 11.7 Å². The van der Waals surface area contributed by atoms with E-state index in [2.05, 4.69) is 10.4 Å². The normalized spacial score (nSPS) is 18.3. The van der Waals surface area contributed by atoms with Gasteiger partial charge in [0.2, 0.25) is 5.91 Å². The van der Waals surface area contributed by atoms with Crippen molar-refractivity contribution in [2.75, 3.05) is 5.32 Å². The molecule has 0 bridgehead atoms. The zero-order chi connectivity index (χ0) is 15.2. The Morgan fingerprint density at radius 2 is 2.00 bits per heavy atom. The smallest absolute Gasteiger partial charge is 0.311 e. The van der Waals surface area contributed by atoms with Crippen LogP contribution in [0.1, 0.15) is 29.0 Å². The topological polar surface area (TPSA) is 46.9 Å². The molecule has 1 atom stereocenters. The average molecular weight is 295 g/mol. The number of amides is 1. The van der Waals surface area contributed by atoms with E-state index in [0.29, 0.717) is 11.4 Å². The Morgan fingerprint density at radius 1 is 1.29 bits per heavy atom. The first-order valence-electron chi connectivity index (χ1n) is 6.36. The van der Waals surface area contributed by atoms with Gasteiger partial charge in [0.15, 0.2) is 0 Å². The zero-order valence-electron chi connectivity index (χ0n) is 11.1. The molecule has 1 N–H and O–H groups in total. The summed E-state index contributed by atoms with van der Waals surface area (Å²) in [4.78, 5) is 11.8. The van der Waals surface area contributed by atoms with Gasteiger partial charge in [0.1, 0.15) is 5.82 Å². The molecular formula is C14H12F3N3O. The Hall–Kier alpha value is -2.31. The second-order valence-corrected chi connectivity index (χ2v) is 4.96. The van der Waals surface area contributed by atoms with E-state index in [4.69, 9.17) is 0 Å². The molecule has 0 saturated carbocycles. The van der Waals surface area contributed by atoms with Crippen LogP contribution in [0.25, 0.3) is 0 Å². The molecule has 0 saturated heterocycles. The lowest BCUT2D eigenvalue weighted by atomic mass is 9.84. The second-order valence-electron chi connectivity index (χ2n) is 4.96. The highest BCUT2D eigenvalue weighted by molar-refractivity contribution is 5.94. The van der Waals surface area contributed by atoms with E-state index in [-0.39, 0.29) is 17.9 Å². The van der Waals surface area contributed by atoms with Gasteiger partial charge in [-0.1, -0.05) is 18.2 Å². The van der Waals surface area contributed by atoms with Gasteiger partial charge < -0.3 is 5.32 Å². The van der Waals surface area contributed by atoms with Gasteiger partial charge in [-0.2, -0.15) is 18.3 Å². The molecule has 1 aliphatic heterocycles. The van der Waals surface area contributed by atoms with Crippen molar-refractivity contribution in [1.82, 2.24) is 9.78 Å². The number of benzene rings is 1. The van der Waals surface area contributed by atoms with Crippen LogP contribution < -0.4 is 5.32 Å². The molecule has 2 heterocycles.